The molecule has 1 aromatic rings. The fourth-order valence-electron chi connectivity index (χ4n) is 2.12. The first-order valence-electron chi connectivity index (χ1n) is 6.52. The van der Waals surface area contributed by atoms with Crippen LogP contribution in [0.2, 0.25) is 0 Å². The number of amides is 2. The molecule has 0 aliphatic carbocycles. The highest BCUT2D eigenvalue weighted by atomic mass is 16.4. The van der Waals surface area contributed by atoms with Crippen molar-refractivity contribution in [2.24, 2.45) is 5.16 Å². The van der Waals surface area contributed by atoms with Gasteiger partial charge in [-0.15, -0.1) is 0 Å². The summed E-state index contributed by atoms with van der Waals surface area (Å²) in [5.41, 5.74) is 1.28. The molecule has 0 unspecified atom stereocenters. The lowest BCUT2D eigenvalue weighted by atomic mass is 10.0. The van der Waals surface area contributed by atoms with Crippen LogP contribution in [0.5, 0.6) is 0 Å². The van der Waals surface area contributed by atoms with Crippen LogP contribution in [0.1, 0.15) is 28.8 Å². The molecular weight excluding hydrogens is 258 g/mol. The highest BCUT2D eigenvalue weighted by Crippen LogP contribution is 2.08. The highest BCUT2D eigenvalue weighted by Gasteiger charge is 2.18. The molecule has 1 heterocycles. The Bertz CT molecular complexity index is 511. The van der Waals surface area contributed by atoms with E-state index in [1.165, 1.54) is 6.21 Å². The van der Waals surface area contributed by atoms with Crippen LogP contribution in [0.15, 0.2) is 29.4 Å². The van der Waals surface area contributed by atoms with E-state index in [2.05, 4.69) is 10.5 Å². The van der Waals surface area contributed by atoms with Gasteiger partial charge in [-0.25, -0.2) is 4.79 Å². The average Bonchev–Trinajstić information content (AvgIpc) is 2.85. The predicted octanol–water partition coefficient (Wildman–Crippen LogP) is 1.59. The molecule has 2 amide bonds. The summed E-state index contributed by atoms with van der Waals surface area (Å²) in [6.45, 7) is 1.98. The van der Waals surface area contributed by atoms with Crippen LogP contribution in [0.4, 0.5) is 4.79 Å². The summed E-state index contributed by atoms with van der Waals surface area (Å²) < 4.78 is 0. The number of hydrogen-bond donors (Lipinski definition) is 1. The molecule has 0 bridgehead atoms. The summed E-state index contributed by atoms with van der Waals surface area (Å²) in [7, 11) is 0. The Kier molecular flexibility index (Phi) is 4.70. The van der Waals surface area contributed by atoms with Gasteiger partial charge in [0, 0.05) is 37.8 Å². The summed E-state index contributed by atoms with van der Waals surface area (Å²) in [4.78, 5) is 25.0. The van der Waals surface area contributed by atoms with Gasteiger partial charge in [0.1, 0.15) is 0 Å². The fourth-order valence-corrected chi connectivity index (χ4v) is 2.12. The standard InChI is InChI=1S/C14H17N3O3/c18-13(2-1-8-17-9-7-15-14(17)19)12-5-3-11(4-6-12)10-16-20/h3-6,10,20H,1-2,7-9H2,(H,15,19)/p-1/b16-10+. The molecular formula is C14H16N3O3-. The average molecular weight is 274 g/mol. The maximum atomic E-state index is 12.0. The van der Waals surface area contributed by atoms with Crippen LogP contribution in [0.25, 0.3) is 0 Å². The van der Waals surface area contributed by atoms with Crippen LogP contribution in [0, 0.1) is 5.21 Å². The van der Waals surface area contributed by atoms with E-state index in [9.17, 15) is 14.8 Å². The van der Waals surface area contributed by atoms with Crippen molar-refractivity contribution < 1.29 is 9.59 Å². The Morgan fingerprint density at radius 1 is 1.40 bits per heavy atom. The first kappa shape index (κ1) is 14.0. The number of benzene rings is 1. The predicted molar refractivity (Wildman–Crippen MR) is 75.9 cm³/mol. The van der Waals surface area contributed by atoms with Crippen LogP contribution in [-0.4, -0.2) is 42.6 Å². The topological polar surface area (TPSA) is 84.8 Å². The highest BCUT2D eigenvalue weighted by molar-refractivity contribution is 5.96. The van der Waals surface area contributed by atoms with E-state index in [1.54, 1.807) is 29.2 Å². The molecule has 1 aromatic carbocycles. The van der Waals surface area contributed by atoms with Crippen molar-refractivity contribution in [3.05, 3.63) is 40.6 Å². The molecule has 2 rings (SSSR count). The SMILES string of the molecule is O=C(CCCN1CCNC1=O)c1ccc(/C=N/[O-])cc1. The van der Waals surface area contributed by atoms with Gasteiger partial charge < -0.3 is 20.6 Å². The van der Waals surface area contributed by atoms with Gasteiger partial charge in [-0.2, -0.15) is 0 Å². The van der Waals surface area contributed by atoms with Crippen molar-refractivity contribution in [3.63, 3.8) is 0 Å². The lowest BCUT2D eigenvalue weighted by Gasteiger charge is -2.13. The second-order valence-electron chi connectivity index (χ2n) is 4.60. The molecule has 1 fully saturated rings. The quantitative estimate of drug-likeness (QED) is 0.485. The van der Waals surface area contributed by atoms with Crippen LogP contribution in [-0.2, 0) is 0 Å². The number of Topliss-reactive ketones (excluding diaryl/α,β-unsaturated/α-hetero) is 1. The molecule has 1 saturated heterocycles. The maximum absolute atomic E-state index is 12.0. The Morgan fingerprint density at radius 3 is 2.75 bits per heavy atom. The van der Waals surface area contributed by atoms with Gasteiger partial charge in [0.15, 0.2) is 5.78 Å². The van der Waals surface area contributed by atoms with Crippen LogP contribution >= 0.6 is 0 Å². The smallest absolute Gasteiger partial charge is 0.317 e. The van der Waals surface area contributed by atoms with E-state index >= 15 is 0 Å². The number of urea groups is 1. The number of carbonyl (C=O) groups excluding carboxylic acids is 2. The number of carbonyl (C=O) groups is 2. The van der Waals surface area contributed by atoms with E-state index < -0.39 is 0 Å². The van der Waals surface area contributed by atoms with Crippen LogP contribution in [0.3, 0.4) is 0 Å². The zero-order valence-electron chi connectivity index (χ0n) is 11.0. The maximum Gasteiger partial charge on any atom is 0.317 e. The molecule has 20 heavy (non-hydrogen) atoms. The molecule has 0 spiro atoms. The largest absolute Gasteiger partial charge is 0.792 e. The molecule has 0 aromatic heterocycles. The Morgan fingerprint density at radius 2 is 2.15 bits per heavy atom. The van der Waals surface area contributed by atoms with Crippen molar-refractivity contribution in [2.75, 3.05) is 19.6 Å². The molecule has 1 N–H and O–H groups in total. The summed E-state index contributed by atoms with van der Waals surface area (Å²) in [5, 5.41) is 15.5. The molecule has 1 aliphatic rings. The number of ketones is 1. The minimum Gasteiger partial charge on any atom is -0.792 e. The van der Waals surface area contributed by atoms with Crippen molar-refractivity contribution in [1.29, 1.82) is 0 Å². The lowest BCUT2D eigenvalue weighted by molar-refractivity contribution is 0.0976. The minimum atomic E-state index is -0.0568. The second-order valence-corrected chi connectivity index (χ2v) is 4.60. The van der Waals surface area contributed by atoms with Gasteiger partial charge in [-0.05, 0) is 12.0 Å². The Balaban J connectivity index is 1.80. The number of hydrogen-bond acceptors (Lipinski definition) is 4. The Hall–Kier alpha value is -2.37. The summed E-state index contributed by atoms with van der Waals surface area (Å²) in [6.07, 6.45) is 2.25. The van der Waals surface area contributed by atoms with Crippen molar-refractivity contribution in [1.82, 2.24) is 10.2 Å². The van der Waals surface area contributed by atoms with E-state index in [0.717, 1.165) is 0 Å². The summed E-state index contributed by atoms with van der Waals surface area (Å²) in [6, 6.07) is 6.67. The molecule has 0 saturated carbocycles. The fraction of sp³-hybridized carbons (Fsp3) is 0.357. The van der Waals surface area contributed by atoms with Gasteiger partial charge in [-0.3, -0.25) is 4.79 Å². The zero-order chi connectivity index (χ0) is 14.4. The van der Waals surface area contributed by atoms with Gasteiger partial charge in [-0.1, -0.05) is 24.3 Å². The summed E-state index contributed by atoms with van der Waals surface area (Å²) >= 11 is 0. The van der Waals surface area contributed by atoms with E-state index in [0.29, 0.717) is 43.6 Å². The second kappa shape index (κ2) is 6.70. The lowest BCUT2D eigenvalue weighted by Crippen LogP contribution is -2.29. The van der Waals surface area contributed by atoms with Gasteiger partial charge >= 0.3 is 6.03 Å². The molecule has 106 valence electrons. The third-order valence-electron chi connectivity index (χ3n) is 3.21. The monoisotopic (exact) mass is 274 g/mol. The molecule has 0 atom stereocenters. The molecule has 6 nitrogen and oxygen atoms in total. The summed E-state index contributed by atoms with van der Waals surface area (Å²) in [5.74, 6) is 0.0372. The van der Waals surface area contributed by atoms with Gasteiger partial charge in [0.2, 0.25) is 0 Å². The number of rotatable bonds is 6. The Labute approximate surface area is 117 Å². The minimum absolute atomic E-state index is 0.0372. The number of nitrogens with zero attached hydrogens (tertiary/aromatic N) is 2. The van der Waals surface area contributed by atoms with Crippen molar-refractivity contribution in [2.45, 2.75) is 12.8 Å². The number of nitrogens with one attached hydrogen (secondary N) is 1. The van der Waals surface area contributed by atoms with Crippen LogP contribution < -0.4 is 5.32 Å². The third-order valence-corrected chi connectivity index (χ3v) is 3.21. The van der Waals surface area contributed by atoms with Gasteiger partial charge in [0.05, 0.1) is 0 Å². The molecule has 6 heteroatoms. The van der Waals surface area contributed by atoms with Crippen molar-refractivity contribution >= 4 is 18.0 Å². The van der Waals surface area contributed by atoms with E-state index in [1.807, 2.05) is 0 Å². The zero-order valence-corrected chi connectivity index (χ0v) is 11.0. The molecule has 0 radical (unpaired) electrons. The first-order chi connectivity index (χ1) is 9.70. The first-order valence-corrected chi connectivity index (χ1v) is 6.52. The van der Waals surface area contributed by atoms with Crippen molar-refractivity contribution in [3.8, 4) is 0 Å². The molecule has 1 aliphatic heterocycles. The third kappa shape index (κ3) is 3.57. The van der Waals surface area contributed by atoms with E-state index in [4.69, 9.17) is 0 Å². The van der Waals surface area contributed by atoms with E-state index in [-0.39, 0.29) is 11.8 Å². The van der Waals surface area contributed by atoms with Gasteiger partial charge in [0.25, 0.3) is 0 Å². The normalized spacial score (nSPS) is 14.8.